The van der Waals surface area contributed by atoms with E-state index in [0.717, 1.165) is 42.7 Å². The van der Waals surface area contributed by atoms with Crippen molar-refractivity contribution in [2.45, 2.75) is 44.3 Å². The fraction of sp³-hybridized carbons (Fsp3) is 0.360. The van der Waals surface area contributed by atoms with Gasteiger partial charge in [0.2, 0.25) is 0 Å². The number of nitrogens with zero attached hydrogens (tertiary/aromatic N) is 1. The highest BCUT2D eigenvalue weighted by Crippen LogP contribution is 2.37. The smallest absolute Gasteiger partial charge is 0.416 e. The van der Waals surface area contributed by atoms with E-state index in [4.69, 9.17) is 11.2 Å². The number of carbonyl (C=O) groups excluding carboxylic acids is 2. The van der Waals surface area contributed by atoms with Crippen LogP contribution < -0.4 is 9.64 Å². The number of hydrogen-bond acceptors (Lipinski definition) is 3. The molecule has 1 aliphatic carbocycles. The molecule has 0 spiro atoms. The first-order valence-electron chi connectivity index (χ1n) is 10.4. The molecule has 7 heteroatoms. The lowest BCUT2D eigenvalue weighted by molar-refractivity contribution is -0.137. The number of halogens is 3. The van der Waals surface area contributed by atoms with Gasteiger partial charge in [0.05, 0.1) is 12.7 Å². The number of rotatable bonds is 7. The van der Waals surface area contributed by atoms with Crippen LogP contribution in [0.15, 0.2) is 48.5 Å². The van der Waals surface area contributed by atoms with Crippen LogP contribution in [-0.4, -0.2) is 18.8 Å². The first kappa shape index (κ1) is 23.4. The van der Waals surface area contributed by atoms with Gasteiger partial charge in [0.1, 0.15) is 11.8 Å². The van der Waals surface area contributed by atoms with Crippen molar-refractivity contribution in [3.63, 3.8) is 0 Å². The fourth-order valence-electron chi connectivity index (χ4n) is 4.19. The molecule has 0 aliphatic heterocycles. The van der Waals surface area contributed by atoms with Crippen LogP contribution in [0.25, 0.3) is 0 Å². The van der Waals surface area contributed by atoms with Gasteiger partial charge in [0.15, 0.2) is 5.78 Å². The summed E-state index contributed by atoms with van der Waals surface area (Å²) < 4.78 is 45.3. The van der Waals surface area contributed by atoms with Gasteiger partial charge in [-0.05, 0) is 47.7 Å². The summed E-state index contributed by atoms with van der Waals surface area (Å²) in [5.74, 6) is 1.44. The highest BCUT2D eigenvalue weighted by molar-refractivity contribution is 6.10. The van der Waals surface area contributed by atoms with Crippen LogP contribution in [0.5, 0.6) is 5.75 Å². The zero-order valence-corrected chi connectivity index (χ0v) is 17.7. The Kier molecular flexibility index (Phi) is 7.24. The zero-order valence-electron chi connectivity index (χ0n) is 17.7. The molecule has 3 rings (SSSR count). The van der Waals surface area contributed by atoms with Crippen molar-refractivity contribution < 1.29 is 27.5 Å². The Labute approximate surface area is 185 Å². The van der Waals surface area contributed by atoms with Gasteiger partial charge in [-0.1, -0.05) is 43.9 Å². The molecule has 1 fully saturated rings. The zero-order chi connectivity index (χ0) is 23.3. The number of methoxy groups -OCH3 is 1. The number of carbonyl (C=O) groups is 2. The van der Waals surface area contributed by atoms with Gasteiger partial charge in [-0.2, -0.15) is 13.2 Å². The topological polar surface area (TPSA) is 46.6 Å². The number of amides is 1. The van der Waals surface area contributed by atoms with Crippen molar-refractivity contribution >= 4 is 17.4 Å². The van der Waals surface area contributed by atoms with E-state index in [1.807, 2.05) is 5.92 Å². The Balaban J connectivity index is 2.12. The van der Waals surface area contributed by atoms with Crippen LogP contribution in [0.3, 0.4) is 0 Å². The monoisotopic (exact) mass is 443 g/mol. The molecular weight excluding hydrogens is 419 g/mol. The third-order valence-electron chi connectivity index (χ3n) is 5.73. The Morgan fingerprint density at radius 1 is 1.16 bits per heavy atom. The van der Waals surface area contributed by atoms with Crippen LogP contribution in [0.2, 0.25) is 0 Å². The van der Waals surface area contributed by atoms with Gasteiger partial charge in [0, 0.05) is 12.1 Å². The molecule has 0 saturated heterocycles. The summed E-state index contributed by atoms with van der Waals surface area (Å²) in [6, 6.07) is 9.70. The SMILES string of the molecule is C#CC(=O)N(c1cccc(C(F)(F)F)c1)C(C(=O)CC1CCCC1)c1cccc(OC)c1. The van der Waals surface area contributed by atoms with Crippen molar-refractivity contribution in [2.24, 2.45) is 5.92 Å². The molecule has 1 aliphatic rings. The van der Waals surface area contributed by atoms with Gasteiger partial charge in [-0.25, -0.2) is 0 Å². The Bertz CT molecular complexity index is 1020. The molecule has 0 bridgehead atoms. The Morgan fingerprint density at radius 2 is 1.84 bits per heavy atom. The quantitative estimate of drug-likeness (QED) is 0.526. The molecule has 2 aromatic rings. The van der Waals surface area contributed by atoms with E-state index < -0.39 is 23.7 Å². The van der Waals surface area contributed by atoms with Crippen molar-refractivity contribution in [3.05, 3.63) is 59.7 Å². The van der Waals surface area contributed by atoms with Crippen molar-refractivity contribution in [1.82, 2.24) is 0 Å². The van der Waals surface area contributed by atoms with E-state index in [9.17, 15) is 22.8 Å². The minimum absolute atomic E-state index is 0.0876. The summed E-state index contributed by atoms with van der Waals surface area (Å²) in [4.78, 5) is 27.3. The maximum atomic E-state index is 13.5. The summed E-state index contributed by atoms with van der Waals surface area (Å²) in [6.45, 7) is 0. The molecule has 2 aromatic carbocycles. The molecule has 0 heterocycles. The van der Waals surface area contributed by atoms with E-state index in [-0.39, 0.29) is 23.8 Å². The molecule has 1 amide bonds. The number of anilines is 1. The summed E-state index contributed by atoms with van der Waals surface area (Å²) >= 11 is 0. The number of terminal acetylenes is 1. The molecule has 0 N–H and O–H groups in total. The predicted molar refractivity (Wildman–Crippen MR) is 115 cm³/mol. The highest BCUT2D eigenvalue weighted by atomic mass is 19.4. The number of ketones is 1. The molecule has 0 aromatic heterocycles. The van der Waals surface area contributed by atoms with Crippen LogP contribution in [0, 0.1) is 18.3 Å². The van der Waals surface area contributed by atoms with Gasteiger partial charge < -0.3 is 4.74 Å². The third kappa shape index (κ3) is 5.31. The number of ether oxygens (including phenoxy) is 1. The Morgan fingerprint density at radius 3 is 2.47 bits per heavy atom. The standard InChI is InChI=1S/C25H24F3NO3/c1-3-23(31)29(20-12-7-11-19(16-20)25(26,27)28)24(18-10-6-13-21(15-18)32-2)22(30)14-17-8-4-5-9-17/h1,6-7,10-13,15-17,24H,4-5,8-9,14H2,2H3. The van der Waals surface area contributed by atoms with Crippen molar-refractivity contribution in [2.75, 3.05) is 12.0 Å². The predicted octanol–water partition coefficient (Wildman–Crippen LogP) is 5.57. The number of benzene rings is 2. The fourth-order valence-corrected chi connectivity index (χ4v) is 4.19. The molecule has 168 valence electrons. The summed E-state index contributed by atoms with van der Waals surface area (Å²) in [7, 11) is 1.46. The second kappa shape index (κ2) is 9.90. The Hall–Kier alpha value is -3.27. The summed E-state index contributed by atoms with van der Waals surface area (Å²) in [5.41, 5.74) is -0.596. The lowest BCUT2D eigenvalue weighted by Crippen LogP contribution is -2.39. The average Bonchev–Trinajstić information content (AvgIpc) is 3.29. The van der Waals surface area contributed by atoms with E-state index in [0.29, 0.717) is 11.3 Å². The molecule has 1 atom stereocenters. The first-order valence-corrected chi connectivity index (χ1v) is 10.4. The van der Waals surface area contributed by atoms with Crippen LogP contribution in [0.4, 0.5) is 18.9 Å². The van der Waals surface area contributed by atoms with E-state index >= 15 is 0 Å². The molecule has 0 radical (unpaired) electrons. The minimum atomic E-state index is -4.61. The summed E-state index contributed by atoms with van der Waals surface area (Å²) in [6.07, 6.45) is 4.85. The van der Waals surface area contributed by atoms with E-state index in [2.05, 4.69) is 0 Å². The first-order chi connectivity index (χ1) is 15.2. The lowest BCUT2D eigenvalue weighted by atomic mass is 9.91. The molecule has 1 unspecified atom stereocenters. The van der Waals surface area contributed by atoms with E-state index in [1.165, 1.54) is 19.2 Å². The number of Topliss-reactive ketones (excluding diaryl/α,β-unsaturated/α-hetero) is 1. The van der Waals surface area contributed by atoms with Crippen LogP contribution in [-0.2, 0) is 15.8 Å². The number of alkyl halides is 3. The van der Waals surface area contributed by atoms with Gasteiger partial charge >= 0.3 is 12.1 Å². The molecule has 1 saturated carbocycles. The van der Waals surface area contributed by atoms with Crippen LogP contribution >= 0.6 is 0 Å². The average molecular weight is 443 g/mol. The third-order valence-corrected chi connectivity index (χ3v) is 5.73. The van der Waals surface area contributed by atoms with Gasteiger partial charge in [-0.3, -0.25) is 14.5 Å². The maximum absolute atomic E-state index is 13.5. The molecule has 4 nitrogen and oxygen atoms in total. The summed E-state index contributed by atoms with van der Waals surface area (Å²) in [5, 5.41) is 0. The van der Waals surface area contributed by atoms with E-state index in [1.54, 1.807) is 24.3 Å². The highest BCUT2D eigenvalue weighted by Gasteiger charge is 2.36. The minimum Gasteiger partial charge on any atom is -0.497 e. The van der Waals surface area contributed by atoms with Crippen LogP contribution in [0.1, 0.15) is 49.3 Å². The lowest BCUT2D eigenvalue weighted by Gasteiger charge is -2.31. The maximum Gasteiger partial charge on any atom is 0.416 e. The molecule has 32 heavy (non-hydrogen) atoms. The molecular formula is C25H24F3NO3. The second-order valence-corrected chi connectivity index (χ2v) is 7.87. The normalized spacial score (nSPS) is 15.1. The van der Waals surface area contributed by atoms with Gasteiger partial charge in [-0.15, -0.1) is 6.42 Å². The van der Waals surface area contributed by atoms with Crippen molar-refractivity contribution in [1.29, 1.82) is 0 Å². The largest absolute Gasteiger partial charge is 0.497 e. The van der Waals surface area contributed by atoms with Crippen molar-refractivity contribution in [3.8, 4) is 18.1 Å². The number of hydrogen-bond donors (Lipinski definition) is 0. The van der Waals surface area contributed by atoms with Gasteiger partial charge in [0.25, 0.3) is 0 Å². The second-order valence-electron chi connectivity index (χ2n) is 7.87.